The van der Waals surface area contributed by atoms with E-state index in [1.807, 2.05) is 17.0 Å². The van der Waals surface area contributed by atoms with Crippen molar-refractivity contribution in [1.29, 1.82) is 0 Å². The molecular formula is C20H26FN5O. The minimum atomic E-state index is -0.202. The fourth-order valence-corrected chi connectivity index (χ4v) is 4.20. The first-order chi connectivity index (χ1) is 13.1. The van der Waals surface area contributed by atoms with Crippen LogP contribution in [0.4, 0.5) is 4.39 Å². The van der Waals surface area contributed by atoms with Gasteiger partial charge in [0.2, 0.25) is 5.91 Å². The molecule has 1 saturated heterocycles. The zero-order valence-electron chi connectivity index (χ0n) is 15.8. The van der Waals surface area contributed by atoms with Crippen LogP contribution in [-0.2, 0) is 24.3 Å². The summed E-state index contributed by atoms with van der Waals surface area (Å²) < 4.78 is 15.4. The van der Waals surface area contributed by atoms with Crippen molar-refractivity contribution < 1.29 is 9.18 Å². The van der Waals surface area contributed by atoms with Gasteiger partial charge in [-0.25, -0.2) is 4.39 Å². The third-order valence-electron chi connectivity index (χ3n) is 5.71. The number of carbonyl (C=O) groups is 1. The van der Waals surface area contributed by atoms with Gasteiger partial charge >= 0.3 is 0 Å². The third kappa shape index (κ3) is 3.88. The maximum atomic E-state index is 13.2. The minimum Gasteiger partial charge on any atom is -0.341 e. The van der Waals surface area contributed by atoms with Crippen LogP contribution in [0.15, 0.2) is 24.3 Å². The highest BCUT2D eigenvalue weighted by molar-refractivity contribution is 5.73. The van der Waals surface area contributed by atoms with E-state index in [1.165, 1.54) is 18.6 Å². The molecule has 1 aromatic heterocycles. The van der Waals surface area contributed by atoms with Crippen LogP contribution in [0.25, 0.3) is 0 Å². The lowest BCUT2D eigenvalue weighted by Gasteiger charge is -2.35. The van der Waals surface area contributed by atoms with E-state index in [-0.39, 0.29) is 17.8 Å². The number of benzene rings is 1. The molecule has 0 N–H and O–H groups in total. The number of nitrogens with zero attached hydrogens (tertiary/aromatic N) is 5. The summed E-state index contributed by atoms with van der Waals surface area (Å²) in [5.74, 6) is 1.90. The first-order valence-corrected chi connectivity index (χ1v) is 9.78. The van der Waals surface area contributed by atoms with Crippen LogP contribution in [0.2, 0.25) is 0 Å². The molecule has 0 bridgehead atoms. The van der Waals surface area contributed by atoms with Gasteiger partial charge in [-0.15, -0.1) is 10.2 Å². The summed E-state index contributed by atoms with van der Waals surface area (Å²) in [4.78, 5) is 16.1. The molecule has 0 saturated carbocycles. The van der Waals surface area contributed by atoms with E-state index in [2.05, 4.69) is 19.7 Å². The first kappa shape index (κ1) is 18.1. The molecule has 3 heterocycles. The summed E-state index contributed by atoms with van der Waals surface area (Å²) in [5, 5.41) is 8.98. The molecule has 0 unspecified atom stereocenters. The Morgan fingerprint density at radius 1 is 1.11 bits per heavy atom. The summed E-state index contributed by atoms with van der Waals surface area (Å²) in [6.07, 6.45) is 4.14. The van der Waals surface area contributed by atoms with Gasteiger partial charge in [0.25, 0.3) is 0 Å². The average molecular weight is 371 g/mol. The van der Waals surface area contributed by atoms with Crippen LogP contribution in [0.5, 0.6) is 0 Å². The van der Waals surface area contributed by atoms with Crippen LogP contribution in [0, 0.1) is 5.82 Å². The van der Waals surface area contributed by atoms with Crippen molar-refractivity contribution in [1.82, 2.24) is 24.6 Å². The van der Waals surface area contributed by atoms with Crippen molar-refractivity contribution in [2.75, 3.05) is 19.6 Å². The Bertz CT molecular complexity index is 803. The van der Waals surface area contributed by atoms with E-state index in [4.69, 9.17) is 0 Å². The molecule has 2 aliphatic rings. The van der Waals surface area contributed by atoms with E-state index < -0.39 is 0 Å². The maximum Gasteiger partial charge on any atom is 0.219 e. The molecule has 7 heteroatoms. The molecule has 27 heavy (non-hydrogen) atoms. The number of amides is 1. The molecule has 6 nitrogen and oxygen atoms in total. The standard InChI is InChI=1S/C20H26FN5O/c1-15(27)24-11-9-19-22-23-20(26(19)13-12-24)18-4-2-3-10-25(18)14-16-5-7-17(21)8-6-16/h5-8,18H,2-4,9-14H2,1H3/t18-/m0/s1. The minimum absolute atomic E-state index is 0.117. The van der Waals surface area contributed by atoms with Crippen LogP contribution >= 0.6 is 0 Å². The van der Waals surface area contributed by atoms with Gasteiger partial charge in [0, 0.05) is 39.5 Å². The third-order valence-corrected chi connectivity index (χ3v) is 5.71. The summed E-state index contributed by atoms with van der Waals surface area (Å²) in [5.41, 5.74) is 1.11. The van der Waals surface area contributed by atoms with Crippen molar-refractivity contribution in [3.05, 3.63) is 47.3 Å². The molecule has 4 rings (SSSR count). The van der Waals surface area contributed by atoms with Gasteiger partial charge in [0.15, 0.2) is 0 Å². The fraction of sp³-hybridized carbons (Fsp3) is 0.550. The van der Waals surface area contributed by atoms with Crippen molar-refractivity contribution in [3.8, 4) is 0 Å². The van der Waals surface area contributed by atoms with Crippen LogP contribution in [-0.4, -0.2) is 50.1 Å². The quantitative estimate of drug-likeness (QED) is 0.832. The molecular weight excluding hydrogens is 345 g/mol. The van der Waals surface area contributed by atoms with Crippen molar-refractivity contribution in [2.45, 2.75) is 51.7 Å². The number of hydrogen-bond donors (Lipinski definition) is 0. The monoisotopic (exact) mass is 371 g/mol. The normalized spacial score (nSPS) is 21.0. The molecule has 0 radical (unpaired) electrons. The Morgan fingerprint density at radius 3 is 2.70 bits per heavy atom. The molecule has 144 valence electrons. The summed E-state index contributed by atoms with van der Waals surface area (Å²) >= 11 is 0. The Kier molecular flexibility index (Phi) is 5.20. The predicted octanol–water partition coefficient (Wildman–Crippen LogP) is 2.55. The Hall–Kier alpha value is -2.28. The average Bonchev–Trinajstić information content (AvgIpc) is 2.94. The predicted molar refractivity (Wildman–Crippen MR) is 99.4 cm³/mol. The molecule has 1 fully saturated rings. The van der Waals surface area contributed by atoms with E-state index in [1.54, 1.807) is 6.92 Å². The molecule has 0 spiro atoms. The zero-order valence-corrected chi connectivity index (χ0v) is 15.8. The number of hydrogen-bond acceptors (Lipinski definition) is 4. The summed E-state index contributed by atoms with van der Waals surface area (Å²) in [6, 6.07) is 6.97. The summed E-state index contributed by atoms with van der Waals surface area (Å²) in [7, 11) is 0. The van der Waals surface area contributed by atoms with E-state index >= 15 is 0 Å². The van der Waals surface area contributed by atoms with Crippen molar-refractivity contribution >= 4 is 5.91 Å². The van der Waals surface area contributed by atoms with Gasteiger partial charge in [0.1, 0.15) is 17.5 Å². The number of halogens is 1. The van der Waals surface area contributed by atoms with Gasteiger partial charge in [0.05, 0.1) is 6.04 Å². The van der Waals surface area contributed by atoms with Gasteiger partial charge in [-0.1, -0.05) is 18.6 Å². The lowest BCUT2D eigenvalue weighted by atomic mass is 10.00. The van der Waals surface area contributed by atoms with E-state index in [9.17, 15) is 9.18 Å². The highest BCUT2D eigenvalue weighted by Gasteiger charge is 2.30. The van der Waals surface area contributed by atoms with Gasteiger partial charge in [-0.3, -0.25) is 9.69 Å². The summed E-state index contributed by atoms with van der Waals surface area (Å²) in [6.45, 7) is 5.57. The second-order valence-corrected chi connectivity index (χ2v) is 7.49. The lowest BCUT2D eigenvalue weighted by molar-refractivity contribution is -0.128. The van der Waals surface area contributed by atoms with Gasteiger partial charge in [-0.05, 0) is 37.1 Å². The number of carbonyl (C=O) groups excluding carboxylic acids is 1. The van der Waals surface area contributed by atoms with E-state index in [0.717, 1.165) is 56.1 Å². The molecule has 1 amide bonds. The number of fused-ring (bicyclic) bond motifs is 1. The Labute approximate surface area is 159 Å². The van der Waals surface area contributed by atoms with Gasteiger partial charge < -0.3 is 9.47 Å². The molecule has 2 aliphatic heterocycles. The van der Waals surface area contributed by atoms with Crippen LogP contribution < -0.4 is 0 Å². The lowest BCUT2D eigenvalue weighted by Crippen LogP contribution is -2.35. The van der Waals surface area contributed by atoms with E-state index in [0.29, 0.717) is 13.1 Å². The zero-order chi connectivity index (χ0) is 18.8. The van der Waals surface area contributed by atoms with Crippen LogP contribution in [0.1, 0.15) is 49.4 Å². The largest absolute Gasteiger partial charge is 0.341 e. The number of rotatable bonds is 3. The highest BCUT2D eigenvalue weighted by Crippen LogP contribution is 2.32. The Morgan fingerprint density at radius 2 is 1.93 bits per heavy atom. The number of likely N-dealkylation sites (tertiary alicyclic amines) is 1. The second kappa shape index (κ2) is 7.76. The van der Waals surface area contributed by atoms with Crippen molar-refractivity contribution in [2.24, 2.45) is 0 Å². The second-order valence-electron chi connectivity index (χ2n) is 7.49. The fourth-order valence-electron chi connectivity index (χ4n) is 4.20. The number of aromatic nitrogens is 3. The smallest absolute Gasteiger partial charge is 0.219 e. The number of piperidine rings is 1. The molecule has 1 atom stereocenters. The highest BCUT2D eigenvalue weighted by atomic mass is 19.1. The Balaban J connectivity index is 1.55. The molecule has 1 aromatic carbocycles. The molecule has 2 aromatic rings. The van der Waals surface area contributed by atoms with Gasteiger partial charge in [-0.2, -0.15) is 0 Å². The topological polar surface area (TPSA) is 54.3 Å². The first-order valence-electron chi connectivity index (χ1n) is 9.78. The SMILES string of the molecule is CC(=O)N1CCc2nnc([C@@H]3CCCCN3Cc3ccc(F)cc3)n2CC1. The maximum absolute atomic E-state index is 13.2. The van der Waals surface area contributed by atoms with Crippen molar-refractivity contribution in [3.63, 3.8) is 0 Å². The molecule has 0 aliphatic carbocycles. The van der Waals surface area contributed by atoms with Crippen LogP contribution in [0.3, 0.4) is 0 Å².